The van der Waals surface area contributed by atoms with E-state index in [1.807, 2.05) is 13.8 Å². The summed E-state index contributed by atoms with van der Waals surface area (Å²) in [6.45, 7) is 6.63. The molecule has 4 heterocycles. The Labute approximate surface area is 178 Å². The van der Waals surface area contributed by atoms with Gasteiger partial charge in [-0.1, -0.05) is 0 Å². The Bertz CT molecular complexity index is 961. The van der Waals surface area contributed by atoms with E-state index >= 15 is 0 Å². The van der Waals surface area contributed by atoms with Crippen LogP contribution in [0.25, 0.3) is 0 Å². The zero-order valence-corrected chi connectivity index (χ0v) is 18.1. The van der Waals surface area contributed by atoms with E-state index in [4.69, 9.17) is 4.74 Å². The van der Waals surface area contributed by atoms with E-state index in [1.54, 1.807) is 0 Å². The van der Waals surface area contributed by atoms with E-state index < -0.39 is 0 Å². The van der Waals surface area contributed by atoms with Gasteiger partial charge in [0, 0.05) is 31.2 Å². The molecule has 7 nitrogen and oxygen atoms in total. The summed E-state index contributed by atoms with van der Waals surface area (Å²) in [5, 5.41) is 12.8. The third-order valence-electron chi connectivity index (χ3n) is 6.64. The lowest BCUT2D eigenvalue weighted by Crippen LogP contribution is -2.34. The molecule has 7 heteroatoms. The predicted molar refractivity (Wildman–Crippen MR) is 115 cm³/mol. The number of nitrogens with zero attached hydrogens (tertiary/aromatic N) is 4. The molecule has 0 radical (unpaired) electrons. The zero-order valence-electron chi connectivity index (χ0n) is 18.1. The Hall–Kier alpha value is -2.56. The number of nitrogens with one attached hydrogen (secondary N) is 1. The summed E-state index contributed by atoms with van der Waals surface area (Å²) >= 11 is 0. The van der Waals surface area contributed by atoms with Crippen molar-refractivity contribution in [1.82, 2.24) is 14.0 Å². The maximum Gasteiger partial charge on any atom is 0.239 e. The summed E-state index contributed by atoms with van der Waals surface area (Å²) < 4.78 is 9.99. The average molecular weight is 410 g/mol. The normalized spacial score (nSPS) is 21.8. The molecular formula is C23H31N5O2. The second kappa shape index (κ2) is 8.66. The minimum Gasteiger partial charge on any atom is -0.376 e. The van der Waals surface area contributed by atoms with E-state index in [-0.39, 0.29) is 18.1 Å². The maximum atomic E-state index is 13.0. The third kappa shape index (κ3) is 3.90. The van der Waals surface area contributed by atoms with E-state index in [0.29, 0.717) is 24.5 Å². The highest BCUT2D eigenvalue weighted by molar-refractivity contribution is 5.93. The molecule has 160 valence electrons. The van der Waals surface area contributed by atoms with Gasteiger partial charge in [-0.25, -0.2) is 0 Å². The second-order valence-corrected chi connectivity index (χ2v) is 8.51. The second-order valence-electron chi connectivity index (χ2n) is 8.51. The molecule has 0 spiro atoms. The first kappa shape index (κ1) is 20.7. The summed E-state index contributed by atoms with van der Waals surface area (Å²) in [7, 11) is 2.05. The molecule has 2 aliphatic rings. The lowest BCUT2D eigenvalue weighted by Gasteiger charge is -2.25. The van der Waals surface area contributed by atoms with Gasteiger partial charge in [0.1, 0.15) is 11.9 Å². The number of likely N-dealkylation sites (tertiary alicyclic amines) is 1. The summed E-state index contributed by atoms with van der Waals surface area (Å²) in [4.78, 5) is 15.3. The van der Waals surface area contributed by atoms with Crippen LogP contribution < -0.4 is 5.32 Å². The first-order valence-corrected chi connectivity index (χ1v) is 10.9. The van der Waals surface area contributed by atoms with Gasteiger partial charge in [0.2, 0.25) is 5.91 Å². The molecule has 0 bridgehead atoms. The largest absolute Gasteiger partial charge is 0.376 e. The maximum absolute atomic E-state index is 13.0. The molecule has 0 aliphatic carbocycles. The van der Waals surface area contributed by atoms with Crippen LogP contribution in [-0.2, 0) is 23.1 Å². The van der Waals surface area contributed by atoms with Crippen molar-refractivity contribution < 1.29 is 9.53 Å². The number of nitriles is 1. The fraction of sp³-hybridized carbons (Fsp3) is 0.565. The van der Waals surface area contributed by atoms with Crippen LogP contribution in [0.15, 0.2) is 18.3 Å². The number of aromatic nitrogens is 2. The van der Waals surface area contributed by atoms with Crippen molar-refractivity contribution in [3.8, 4) is 6.07 Å². The monoisotopic (exact) mass is 409 g/mol. The van der Waals surface area contributed by atoms with Gasteiger partial charge in [-0.2, -0.15) is 5.26 Å². The number of carbonyl (C=O) groups excluding carboxylic acids is 1. The quantitative estimate of drug-likeness (QED) is 0.795. The van der Waals surface area contributed by atoms with E-state index in [1.165, 1.54) is 5.69 Å². The Morgan fingerprint density at radius 3 is 2.83 bits per heavy atom. The Morgan fingerprint density at radius 2 is 2.17 bits per heavy atom. The van der Waals surface area contributed by atoms with Crippen LogP contribution in [0, 0.1) is 25.2 Å². The van der Waals surface area contributed by atoms with Gasteiger partial charge in [-0.05, 0) is 63.8 Å². The first-order valence-electron chi connectivity index (χ1n) is 10.9. The first-order chi connectivity index (χ1) is 14.5. The Kier molecular flexibility index (Phi) is 5.98. The van der Waals surface area contributed by atoms with Gasteiger partial charge in [0.25, 0.3) is 0 Å². The topological polar surface area (TPSA) is 75.2 Å². The van der Waals surface area contributed by atoms with E-state index in [2.05, 4.69) is 50.8 Å². The van der Waals surface area contributed by atoms with Crippen molar-refractivity contribution in [1.29, 1.82) is 5.26 Å². The molecule has 2 aromatic rings. The Balaban J connectivity index is 1.52. The number of anilines is 1. The molecule has 4 rings (SSSR count). The van der Waals surface area contributed by atoms with Gasteiger partial charge in [-0.15, -0.1) is 0 Å². The van der Waals surface area contributed by atoms with Crippen LogP contribution in [0.2, 0.25) is 0 Å². The van der Waals surface area contributed by atoms with Crippen molar-refractivity contribution >= 4 is 11.7 Å². The highest BCUT2D eigenvalue weighted by Gasteiger charge is 2.30. The SMILES string of the molecule is Cc1c(C#N)c(NC(=O)CN2CCC[C@H]2c2cccn2C)n(C[C@H]2CCCO2)c1C. The van der Waals surface area contributed by atoms with Crippen molar-refractivity contribution in [2.75, 3.05) is 25.0 Å². The van der Waals surface area contributed by atoms with Crippen LogP contribution in [0.3, 0.4) is 0 Å². The summed E-state index contributed by atoms with van der Waals surface area (Å²) in [6, 6.07) is 6.74. The van der Waals surface area contributed by atoms with Gasteiger partial charge in [-0.3, -0.25) is 9.69 Å². The minimum absolute atomic E-state index is 0.0706. The molecule has 1 amide bonds. The third-order valence-corrected chi connectivity index (χ3v) is 6.64. The van der Waals surface area contributed by atoms with Crippen LogP contribution in [0.1, 0.15) is 54.2 Å². The summed E-state index contributed by atoms with van der Waals surface area (Å²) in [5.41, 5.74) is 3.74. The average Bonchev–Trinajstić information content (AvgIpc) is 3.49. The Morgan fingerprint density at radius 1 is 1.33 bits per heavy atom. The molecule has 2 fully saturated rings. The number of amides is 1. The molecule has 1 N–H and O–H groups in total. The molecule has 0 unspecified atom stereocenters. The number of aryl methyl sites for hydroxylation is 1. The van der Waals surface area contributed by atoms with Crippen LogP contribution in [0.4, 0.5) is 5.82 Å². The van der Waals surface area contributed by atoms with E-state index in [9.17, 15) is 10.1 Å². The van der Waals surface area contributed by atoms with Gasteiger partial charge in [0.15, 0.2) is 0 Å². The highest BCUT2D eigenvalue weighted by Crippen LogP contribution is 2.32. The number of ether oxygens (including phenoxy) is 1. The number of carbonyl (C=O) groups is 1. The smallest absolute Gasteiger partial charge is 0.239 e. The van der Waals surface area contributed by atoms with Gasteiger partial charge in [0.05, 0.1) is 30.8 Å². The fourth-order valence-electron chi connectivity index (χ4n) is 4.88. The zero-order chi connectivity index (χ0) is 21.3. The molecule has 30 heavy (non-hydrogen) atoms. The minimum atomic E-state index is -0.0706. The summed E-state index contributed by atoms with van der Waals surface area (Å²) in [5.74, 6) is 0.543. The van der Waals surface area contributed by atoms with Crippen molar-refractivity contribution in [2.24, 2.45) is 7.05 Å². The molecule has 2 saturated heterocycles. The van der Waals surface area contributed by atoms with Gasteiger partial charge >= 0.3 is 0 Å². The van der Waals surface area contributed by atoms with Crippen molar-refractivity contribution in [3.63, 3.8) is 0 Å². The highest BCUT2D eigenvalue weighted by atomic mass is 16.5. The molecular weight excluding hydrogens is 378 g/mol. The number of hydrogen-bond donors (Lipinski definition) is 1. The van der Waals surface area contributed by atoms with Gasteiger partial charge < -0.3 is 19.2 Å². The number of hydrogen-bond acceptors (Lipinski definition) is 4. The van der Waals surface area contributed by atoms with E-state index in [0.717, 1.165) is 50.1 Å². The number of rotatable bonds is 6. The molecule has 2 aromatic heterocycles. The van der Waals surface area contributed by atoms with Crippen LogP contribution in [-0.4, -0.2) is 45.7 Å². The van der Waals surface area contributed by atoms with Crippen LogP contribution in [0.5, 0.6) is 0 Å². The standard InChI is InChI=1S/C23H31N5O2/c1-16-17(2)28(14-18-7-6-12-30-18)23(19(16)13-24)25-22(29)15-27-11-5-9-21(27)20-8-4-10-26(20)3/h4,8,10,18,21H,5-7,9,11-12,14-15H2,1-3H3,(H,25,29)/t18-,21+/m1/s1. The molecule has 2 aliphatic heterocycles. The van der Waals surface area contributed by atoms with Crippen molar-refractivity contribution in [3.05, 3.63) is 40.8 Å². The molecule has 0 saturated carbocycles. The molecule has 0 aromatic carbocycles. The van der Waals surface area contributed by atoms with Crippen molar-refractivity contribution in [2.45, 2.75) is 58.2 Å². The lowest BCUT2D eigenvalue weighted by molar-refractivity contribution is -0.117. The lowest BCUT2D eigenvalue weighted by atomic mass is 10.1. The molecule has 2 atom stereocenters. The summed E-state index contributed by atoms with van der Waals surface area (Å²) in [6.07, 6.45) is 6.40. The fourth-order valence-corrected chi connectivity index (χ4v) is 4.88. The predicted octanol–water partition coefficient (Wildman–Crippen LogP) is 3.27. The van der Waals surface area contributed by atoms with Crippen LogP contribution >= 0.6 is 0 Å².